The van der Waals surface area contributed by atoms with E-state index in [2.05, 4.69) is 34.7 Å². The van der Waals surface area contributed by atoms with Crippen molar-refractivity contribution in [1.82, 2.24) is 39.7 Å². The molecule has 20 nitrogen and oxygen atoms in total. The molecule has 4 aliphatic rings. The van der Waals surface area contributed by atoms with Crippen LogP contribution in [0.3, 0.4) is 0 Å². The first kappa shape index (κ1) is 56.5. The number of pyridine rings is 6. The van der Waals surface area contributed by atoms with E-state index in [1.165, 1.54) is 0 Å². The summed E-state index contributed by atoms with van der Waals surface area (Å²) in [6.07, 6.45) is 0.847. The average molecular weight is 1070 g/mol. The number of Topliss-reactive ketones (excluding diaryl/α,β-unsaturated/α-hetero) is 2. The molecule has 4 saturated heterocycles. The molecule has 4 N–H and O–H groups in total. The van der Waals surface area contributed by atoms with Gasteiger partial charge >= 0.3 is 0 Å². The average Bonchev–Trinajstić information content (AvgIpc) is 3.98. The lowest BCUT2D eigenvalue weighted by Crippen LogP contribution is -2.59. The van der Waals surface area contributed by atoms with E-state index in [4.69, 9.17) is 33.4 Å². The van der Waals surface area contributed by atoms with Crippen molar-refractivity contribution in [3.8, 4) is 0 Å². The zero-order valence-electron chi connectivity index (χ0n) is 44.2. The summed E-state index contributed by atoms with van der Waals surface area (Å²) in [5.41, 5.74) is 7.44. The van der Waals surface area contributed by atoms with Gasteiger partial charge in [0.1, 0.15) is 48.8 Å². The fourth-order valence-corrected chi connectivity index (χ4v) is 9.89. The zero-order chi connectivity index (χ0) is 54.8. The van der Waals surface area contributed by atoms with E-state index in [1.54, 1.807) is 18.6 Å². The van der Waals surface area contributed by atoms with Crippen molar-refractivity contribution in [2.24, 2.45) is 0 Å². The number of rotatable bonds is 20. The van der Waals surface area contributed by atoms with Gasteiger partial charge in [-0.05, 0) is 112 Å². The van der Waals surface area contributed by atoms with Crippen molar-refractivity contribution in [2.45, 2.75) is 166 Å². The minimum atomic E-state index is -1.74. The third kappa shape index (κ3) is 15.1. The Morgan fingerprint density at radius 3 is 1.26 bits per heavy atom. The van der Waals surface area contributed by atoms with Gasteiger partial charge in [-0.3, -0.25) is 49.3 Å². The monoisotopic (exact) mass is 1070 g/mol. The van der Waals surface area contributed by atoms with Gasteiger partial charge in [0.2, 0.25) is 0 Å². The van der Waals surface area contributed by atoms with Crippen LogP contribution < -0.4 is 0 Å². The molecule has 10 heterocycles. The highest BCUT2D eigenvalue weighted by atomic mass is 16.9. The molecule has 0 radical (unpaired) electrons. The molecule has 78 heavy (non-hydrogen) atoms. The van der Waals surface area contributed by atoms with E-state index < -0.39 is 78.8 Å². The Bertz CT molecular complexity index is 2760. The second-order valence-electron chi connectivity index (χ2n) is 20.8. The molecule has 10 atom stereocenters. The van der Waals surface area contributed by atoms with Crippen LogP contribution in [0.2, 0.25) is 0 Å². The molecule has 0 amide bonds. The molecule has 0 bridgehead atoms. The molecule has 0 aliphatic carbocycles. The van der Waals surface area contributed by atoms with Crippen molar-refractivity contribution in [2.75, 3.05) is 0 Å². The number of aliphatic hydroxyl groups excluding tert-OH is 4. The lowest BCUT2D eigenvalue weighted by Gasteiger charge is -2.37. The number of aryl methyl sites for hydroxylation is 2. The Morgan fingerprint density at radius 1 is 0.449 bits per heavy atom. The number of aliphatic hydroxyl groups is 4. The summed E-state index contributed by atoms with van der Waals surface area (Å²) < 4.78 is 35.4. The summed E-state index contributed by atoms with van der Waals surface area (Å²) in [5, 5.41) is 39.0. The molecular formula is C58H68N8O12. The molecule has 4 unspecified atom stereocenters. The van der Waals surface area contributed by atoms with E-state index in [-0.39, 0.29) is 18.6 Å². The van der Waals surface area contributed by atoms with Crippen LogP contribution in [0.15, 0.2) is 134 Å². The molecule has 6 aromatic heterocycles. The van der Waals surface area contributed by atoms with Crippen molar-refractivity contribution in [3.63, 3.8) is 0 Å². The Balaban J connectivity index is 0.000000192. The van der Waals surface area contributed by atoms with Gasteiger partial charge in [-0.1, -0.05) is 36.4 Å². The second kappa shape index (κ2) is 25.7. The summed E-state index contributed by atoms with van der Waals surface area (Å²) in [6.45, 7) is 11.2. The minimum absolute atomic E-state index is 0.0176. The van der Waals surface area contributed by atoms with Gasteiger partial charge in [-0.25, -0.2) is 0 Å². The minimum Gasteiger partial charge on any atom is -0.387 e. The first-order valence-corrected chi connectivity index (χ1v) is 26.3. The summed E-state index contributed by atoms with van der Waals surface area (Å²) >= 11 is 0. The molecule has 4 aliphatic heterocycles. The van der Waals surface area contributed by atoms with Crippen molar-refractivity contribution in [3.05, 3.63) is 180 Å². The Hall–Kier alpha value is -6.24. The van der Waals surface area contributed by atoms with Crippen LogP contribution >= 0.6 is 0 Å². The molecular weight excluding hydrogens is 1000 g/mol. The van der Waals surface area contributed by atoms with E-state index in [0.717, 1.165) is 45.3 Å². The first-order chi connectivity index (χ1) is 37.5. The number of ketones is 2. The molecule has 4 fully saturated rings. The zero-order valence-corrected chi connectivity index (χ0v) is 44.2. The maximum Gasteiger partial charge on any atom is 0.190 e. The molecule has 0 spiro atoms. The van der Waals surface area contributed by atoms with Gasteiger partial charge in [0.15, 0.2) is 35.7 Å². The molecule has 0 aromatic carbocycles. The van der Waals surface area contributed by atoms with Crippen LogP contribution in [0.25, 0.3) is 0 Å². The van der Waals surface area contributed by atoms with Gasteiger partial charge < -0.3 is 48.8 Å². The van der Waals surface area contributed by atoms with Crippen LogP contribution in [0.4, 0.5) is 0 Å². The van der Waals surface area contributed by atoms with Crippen molar-refractivity contribution in [1.29, 1.82) is 0 Å². The van der Waals surface area contributed by atoms with Crippen LogP contribution in [0.1, 0.15) is 85.8 Å². The van der Waals surface area contributed by atoms with Crippen molar-refractivity contribution >= 4 is 11.6 Å². The van der Waals surface area contributed by atoms with E-state index >= 15 is 0 Å². The number of ether oxygens (including phenoxy) is 6. The fraction of sp³-hybridized carbons (Fsp3) is 0.448. The predicted octanol–water partition coefficient (Wildman–Crippen LogP) is 4.35. The maximum atomic E-state index is 13.4. The van der Waals surface area contributed by atoms with Crippen molar-refractivity contribution < 1.29 is 58.4 Å². The molecule has 6 aromatic rings. The number of nitrogens with zero attached hydrogens (tertiary/aromatic N) is 8. The van der Waals surface area contributed by atoms with Gasteiger partial charge in [-0.15, -0.1) is 0 Å². The standard InChI is InChI=1S/C32H38N4O6.C26H30N4O6/c1-31(2)39-27-26(38-30-29(28(27)40-31)41-32(3,4)42-30)25(37)14-12-21-11-13-24(35-17-21)20-36(18-22-9-5-7-15-33-22)19-23-10-6-8-16-34-23;31-21(25-23(33)22(32)24(34)26(35)36-25)10-8-17-7-9-20(29-13-17)16-30(14-18-5-1-3-11-27-18)15-19-6-2-4-12-28-19/h5-11,13,15-17,26-30H,12,14,18-20H2,1-4H3;1-7,9,11-13,22-26,32-35H,8,10,14-16H2/t26?,27-,28-,29+,30?;22-,23+,24+,25?,26?/m00/s1. The summed E-state index contributed by atoms with van der Waals surface area (Å²) in [7, 11) is 0. The van der Waals surface area contributed by atoms with Gasteiger partial charge in [0.25, 0.3) is 0 Å². The van der Waals surface area contributed by atoms with Gasteiger partial charge in [0, 0.05) is 89.3 Å². The summed E-state index contributed by atoms with van der Waals surface area (Å²) in [6, 6.07) is 31.3. The predicted molar refractivity (Wildman–Crippen MR) is 279 cm³/mol. The number of hydrogen-bond acceptors (Lipinski definition) is 20. The highest BCUT2D eigenvalue weighted by Gasteiger charge is 2.62. The normalized spacial score (nSPS) is 25.9. The van der Waals surface area contributed by atoms with Crippen LogP contribution in [-0.2, 0) is 90.1 Å². The SMILES string of the molecule is CC1(C)OC2OC(C(=O)CCc3ccc(CN(Cc4ccccn4)Cc4ccccn4)nc3)[C@@H]3OC(C)(C)O[C@@H]3[C@H]2O1.O=C(CCc1ccc(CN(Cc2ccccn2)Cc2ccccn2)nc1)C1OC(O)[C@H](O)[C@@H](O)[C@H]1O. The lowest BCUT2D eigenvalue weighted by molar-refractivity contribution is -0.275. The number of carbonyl (C=O) groups excluding carboxylic acids is 2. The van der Waals surface area contributed by atoms with Crippen LogP contribution in [0.5, 0.6) is 0 Å². The number of hydrogen-bond donors (Lipinski definition) is 4. The Labute approximate surface area is 453 Å². The van der Waals surface area contributed by atoms with E-state index in [1.807, 2.05) is 143 Å². The Morgan fingerprint density at radius 2 is 0.846 bits per heavy atom. The van der Waals surface area contributed by atoms with E-state index in [9.17, 15) is 30.0 Å². The lowest BCUT2D eigenvalue weighted by atomic mass is 9.94. The third-order valence-corrected chi connectivity index (χ3v) is 13.7. The smallest absolute Gasteiger partial charge is 0.190 e. The first-order valence-electron chi connectivity index (χ1n) is 26.3. The third-order valence-electron chi connectivity index (χ3n) is 13.7. The summed E-state index contributed by atoms with van der Waals surface area (Å²) in [4.78, 5) is 57.5. The Kier molecular flexibility index (Phi) is 18.6. The largest absolute Gasteiger partial charge is 0.387 e. The molecule has 0 saturated carbocycles. The fourth-order valence-electron chi connectivity index (χ4n) is 9.89. The molecule has 10 rings (SSSR count). The second-order valence-corrected chi connectivity index (χ2v) is 20.8. The summed E-state index contributed by atoms with van der Waals surface area (Å²) in [5.74, 6) is -2.21. The van der Waals surface area contributed by atoms with Crippen LogP contribution in [0, 0.1) is 0 Å². The van der Waals surface area contributed by atoms with Crippen LogP contribution in [-0.4, -0.2) is 145 Å². The van der Waals surface area contributed by atoms with Gasteiger partial charge in [-0.2, -0.15) is 0 Å². The number of aromatic nitrogens is 6. The van der Waals surface area contributed by atoms with E-state index in [0.29, 0.717) is 52.1 Å². The number of fused-ring (bicyclic) bond motifs is 3. The molecule has 20 heteroatoms. The molecule has 412 valence electrons. The topological polar surface area (TPSA) is 254 Å². The highest BCUT2D eigenvalue weighted by Crippen LogP contribution is 2.44. The quantitative estimate of drug-likeness (QED) is 0.0829. The number of carbonyl (C=O) groups is 2. The maximum absolute atomic E-state index is 13.4. The highest BCUT2D eigenvalue weighted by molar-refractivity contribution is 5.84. The van der Waals surface area contributed by atoms with Gasteiger partial charge in [0.05, 0.1) is 34.2 Å².